The Morgan fingerprint density at radius 2 is 2.12 bits per heavy atom. The summed E-state index contributed by atoms with van der Waals surface area (Å²) in [5, 5.41) is 0. The minimum absolute atomic E-state index is 0.385. The van der Waals surface area contributed by atoms with Crippen molar-refractivity contribution in [1.29, 1.82) is 0 Å². The van der Waals surface area contributed by atoms with Gasteiger partial charge in [0.05, 0.1) is 4.99 Å². The summed E-state index contributed by atoms with van der Waals surface area (Å²) in [5.74, 6) is 0. The van der Waals surface area contributed by atoms with Crippen LogP contribution in [0.15, 0.2) is 24.5 Å². The van der Waals surface area contributed by atoms with Crippen LogP contribution in [-0.4, -0.2) is 27.5 Å². The lowest BCUT2D eigenvalue weighted by atomic mass is 10.1. The van der Waals surface area contributed by atoms with Crippen molar-refractivity contribution in [3.8, 4) is 0 Å². The number of hydrogen-bond donors (Lipinski definition) is 1. The van der Waals surface area contributed by atoms with E-state index in [1.54, 1.807) is 0 Å². The molecule has 0 fully saturated rings. The van der Waals surface area contributed by atoms with Gasteiger partial charge in [0.25, 0.3) is 0 Å². The molecule has 0 saturated heterocycles. The van der Waals surface area contributed by atoms with E-state index in [9.17, 15) is 0 Å². The van der Waals surface area contributed by atoms with Crippen LogP contribution in [0.2, 0.25) is 0 Å². The van der Waals surface area contributed by atoms with Gasteiger partial charge in [-0.15, -0.1) is 0 Å². The van der Waals surface area contributed by atoms with Crippen molar-refractivity contribution in [3.63, 3.8) is 0 Å². The van der Waals surface area contributed by atoms with E-state index >= 15 is 0 Å². The SMILES string of the molecule is CCN(Cc1ccncc1)C(C)CC(N)=S. The predicted octanol–water partition coefficient (Wildman–Crippen LogP) is 1.97. The van der Waals surface area contributed by atoms with Gasteiger partial charge in [-0.3, -0.25) is 9.88 Å². The van der Waals surface area contributed by atoms with Gasteiger partial charge in [0.15, 0.2) is 0 Å². The van der Waals surface area contributed by atoms with Crippen LogP contribution in [0.1, 0.15) is 25.8 Å². The normalized spacial score (nSPS) is 12.7. The highest BCUT2D eigenvalue weighted by Crippen LogP contribution is 2.09. The number of hydrogen-bond acceptors (Lipinski definition) is 3. The van der Waals surface area contributed by atoms with E-state index < -0.39 is 0 Å². The summed E-state index contributed by atoms with van der Waals surface area (Å²) >= 11 is 4.94. The van der Waals surface area contributed by atoms with Gasteiger partial charge in [0, 0.05) is 31.4 Å². The highest BCUT2D eigenvalue weighted by molar-refractivity contribution is 7.80. The molecule has 0 amide bonds. The lowest BCUT2D eigenvalue weighted by Gasteiger charge is -2.27. The maximum absolute atomic E-state index is 5.57. The van der Waals surface area contributed by atoms with Crippen molar-refractivity contribution in [2.24, 2.45) is 5.73 Å². The molecule has 1 unspecified atom stereocenters. The van der Waals surface area contributed by atoms with Gasteiger partial charge in [-0.1, -0.05) is 19.1 Å². The largest absolute Gasteiger partial charge is 0.393 e. The Bertz CT molecular complexity index is 326. The Morgan fingerprint density at radius 3 is 2.62 bits per heavy atom. The molecule has 1 rings (SSSR count). The van der Waals surface area contributed by atoms with Crippen LogP contribution in [0, 0.1) is 0 Å². The maximum Gasteiger partial charge on any atom is 0.0742 e. The molecular weight excluding hydrogens is 218 g/mol. The highest BCUT2D eigenvalue weighted by atomic mass is 32.1. The van der Waals surface area contributed by atoms with Crippen LogP contribution in [0.3, 0.4) is 0 Å². The van der Waals surface area contributed by atoms with Gasteiger partial charge in [0.2, 0.25) is 0 Å². The number of nitrogens with zero attached hydrogens (tertiary/aromatic N) is 2. The third kappa shape index (κ3) is 4.24. The predicted molar refractivity (Wildman–Crippen MR) is 71.2 cm³/mol. The summed E-state index contributed by atoms with van der Waals surface area (Å²) in [6, 6.07) is 4.46. The summed E-state index contributed by atoms with van der Waals surface area (Å²) in [4.78, 5) is 6.95. The molecule has 1 heterocycles. The summed E-state index contributed by atoms with van der Waals surface area (Å²) in [6.07, 6.45) is 4.41. The van der Waals surface area contributed by atoms with Crippen LogP contribution in [0.5, 0.6) is 0 Å². The zero-order valence-electron chi connectivity index (χ0n) is 9.89. The third-order valence-electron chi connectivity index (χ3n) is 2.66. The van der Waals surface area contributed by atoms with Crippen molar-refractivity contribution in [2.75, 3.05) is 6.54 Å². The first kappa shape index (κ1) is 13.1. The van der Waals surface area contributed by atoms with Gasteiger partial charge in [0.1, 0.15) is 0 Å². The molecule has 0 aromatic carbocycles. The highest BCUT2D eigenvalue weighted by Gasteiger charge is 2.13. The van der Waals surface area contributed by atoms with Crippen LogP contribution < -0.4 is 5.73 Å². The molecule has 0 bridgehead atoms. The Kier molecular flexibility index (Phi) is 5.35. The Morgan fingerprint density at radius 1 is 1.50 bits per heavy atom. The van der Waals surface area contributed by atoms with Crippen LogP contribution in [-0.2, 0) is 6.54 Å². The Labute approximate surface area is 103 Å². The third-order valence-corrected chi connectivity index (χ3v) is 2.83. The lowest BCUT2D eigenvalue weighted by molar-refractivity contribution is 0.216. The number of rotatable bonds is 6. The fraction of sp³-hybridized carbons (Fsp3) is 0.500. The smallest absolute Gasteiger partial charge is 0.0742 e. The molecule has 16 heavy (non-hydrogen) atoms. The molecule has 0 radical (unpaired) electrons. The van der Waals surface area contributed by atoms with Gasteiger partial charge in [-0.2, -0.15) is 0 Å². The first-order valence-electron chi connectivity index (χ1n) is 5.54. The number of nitrogens with two attached hydrogens (primary N) is 1. The fourth-order valence-corrected chi connectivity index (χ4v) is 1.96. The monoisotopic (exact) mass is 237 g/mol. The molecular formula is C12H19N3S. The molecule has 2 N–H and O–H groups in total. The molecule has 3 nitrogen and oxygen atoms in total. The van der Waals surface area contributed by atoms with E-state index in [4.69, 9.17) is 18.0 Å². The summed E-state index contributed by atoms with van der Waals surface area (Å²) in [6.45, 7) is 6.22. The van der Waals surface area contributed by atoms with Crippen molar-refractivity contribution >= 4 is 17.2 Å². The molecule has 4 heteroatoms. The minimum Gasteiger partial charge on any atom is -0.393 e. The van der Waals surface area contributed by atoms with Gasteiger partial charge < -0.3 is 5.73 Å². The quantitative estimate of drug-likeness (QED) is 0.768. The zero-order valence-corrected chi connectivity index (χ0v) is 10.7. The van der Waals surface area contributed by atoms with Crippen LogP contribution >= 0.6 is 12.2 Å². The first-order valence-corrected chi connectivity index (χ1v) is 5.95. The lowest BCUT2D eigenvalue weighted by Crippen LogP contribution is -2.35. The van der Waals surface area contributed by atoms with Crippen molar-refractivity contribution in [3.05, 3.63) is 30.1 Å². The summed E-state index contributed by atoms with van der Waals surface area (Å²) in [5.41, 5.74) is 6.84. The molecule has 0 aliphatic carbocycles. The van der Waals surface area contributed by atoms with Gasteiger partial charge in [-0.05, 0) is 31.2 Å². The van der Waals surface area contributed by atoms with Crippen molar-refractivity contribution < 1.29 is 0 Å². The maximum atomic E-state index is 5.57. The summed E-state index contributed by atoms with van der Waals surface area (Å²) in [7, 11) is 0. The van der Waals surface area contributed by atoms with E-state index in [-0.39, 0.29) is 0 Å². The minimum atomic E-state index is 0.385. The average molecular weight is 237 g/mol. The number of thiocarbonyl (C=S) groups is 1. The Hall–Kier alpha value is -1.00. The molecule has 0 aliphatic heterocycles. The fourth-order valence-electron chi connectivity index (χ4n) is 1.72. The second-order valence-electron chi connectivity index (χ2n) is 3.94. The number of aromatic nitrogens is 1. The topological polar surface area (TPSA) is 42.2 Å². The number of pyridine rings is 1. The van der Waals surface area contributed by atoms with E-state index in [1.165, 1.54) is 5.56 Å². The second kappa shape index (κ2) is 6.55. The van der Waals surface area contributed by atoms with E-state index in [0.717, 1.165) is 19.5 Å². The second-order valence-corrected chi connectivity index (χ2v) is 4.46. The molecule has 0 saturated carbocycles. The van der Waals surface area contributed by atoms with Crippen molar-refractivity contribution in [2.45, 2.75) is 32.9 Å². The molecule has 1 aromatic rings. The van der Waals surface area contributed by atoms with Gasteiger partial charge >= 0.3 is 0 Å². The standard InChI is InChI=1S/C12H19N3S/c1-3-15(10(2)8-12(13)16)9-11-4-6-14-7-5-11/h4-7,10H,3,8-9H2,1-2H3,(H2,13,16). The Balaban J connectivity index is 2.58. The van der Waals surface area contributed by atoms with E-state index in [2.05, 4.69) is 23.7 Å². The average Bonchev–Trinajstić information content (AvgIpc) is 2.26. The van der Waals surface area contributed by atoms with Crippen LogP contribution in [0.25, 0.3) is 0 Å². The van der Waals surface area contributed by atoms with E-state index in [0.29, 0.717) is 11.0 Å². The zero-order chi connectivity index (χ0) is 12.0. The molecule has 1 atom stereocenters. The molecule has 0 spiro atoms. The first-order chi connectivity index (χ1) is 7.63. The molecule has 88 valence electrons. The van der Waals surface area contributed by atoms with Gasteiger partial charge in [-0.25, -0.2) is 0 Å². The van der Waals surface area contributed by atoms with Crippen LogP contribution in [0.4, 0.5) is 0 Å². The summed E-state index contributed by atoms with van der Waals surface area (Å²) < 4.78 is 0. The van der Waals surface area contributed by atoms with Crippen molar-refractivity contribution in [1.82, 2.24) is 9.88 Å². The molecule has 0 aliphatic rings. The van der Waals surface area contributed by atoms with E-state index in [1.807, 2.05) is 24.5 Å². The molecule has 1 aromatic heterocycles.